The lowest BCUT2D eigenvalue weighted by Crippen LogP contribution is -2.33. The Morgan fingerprint density at radius 2 is 0.887 bits per heavy atom. The van der Waals surface area contributed by atoms with Crippen LogP contribution in [0.2, 0.25) is 0 Å². The predicted octanol–water partition coefficient (Wildman–Crippen LogP) is 19.5. The number of aromatic nitrogens is 1. The molecule has 5 aliphatic carbocycles. The van der Waals surface area contributed by atoms with E-state index in [0.29, 0.717) is 5.92 Å². The van der Waals surface area contributed by atoms with Gasteiger partial charge in [-0.15, -0.1) is 0 Å². The molecule has 1 aromatic heterocycles. The lowest BCUT2D eigenvalue weighted by molar-refractivity contribution is 0.433. The van der Waals surface area contributed by atoms with E-state index in [1.807, 2.05) is 0 Å². The number of hydrogen-bond donors (Lipinski definition) is 0. The Kier molecular flexibility index (Phi) is 9.03. The Labute approximate surface area is 468 Å². The number of ether oxygens (including phenoxy) is 1. The summed E-state index contributed by atoms with van der Waals surface area (Å²) >= 11 is 0. The van der Waals surface area contributed by atoms with Crippen LogP contribution >= 0.6 is 0 Å². The van der Waals surface area contributed by atoms with Crippen molar-refractivity contribution in [2.45, 2.75) is 63.2 Å². The molecular weight excluding hydrogens is 969 g/mol. The highest BCUT2D eigenvalue weighted by molar-refractivity contribution is 6.10. The molecule has 1 aliphatic heterocycles. The van der Waals surface area contributed by atoms with Crippen molar-refractivity contribution >= 4 is 44.4 Å². The first-order chi connectivity index (χ1) is 38.9. The molecule has 0 N–H and O–H groups in total. The van der Waals surface area contributed by atoms with Crippen LogP contribution in [-0.4, -0.2) is 4.57 Å². The van der Waals surface area contributed by atoms with Crippen LogP contribution in [0.5, 0.6) is 11.5 Å². The van der Waals surface area contributed by atoms with Gasteiger partial charge in [0.25, 0.3) is 0 Å². The zero-order chi connectivity index (χ0) is 53.6. The lowest BCUT2D eigenvalue weighted by Gasteiger charge is -2.41. The molecule has 0 unspecified atom stereocenters. The van der Waals surface area contributed by atoms with Crippen LogP contribution < -0.4 is 9.64 Å². The second kappa shape index (κ2) is 15.8. The van der Waals surface area contributed by atoms with Gasteiger partial charge in [-0.2, -0.15) is 0 Å². The van der Waals surface area contributed by atoms with Gasteiger partial charge in [0.05, 0.1) is 33.2 Å². The van der Waals surface area contributed by atoms with Crippen LogP contribution in [0.4, 0.5) is 17.1 Å². The van der Waals surface area contributed by atoms with Crippen molar-refractivity contribution in [1.82, 2.24) is 4.57 Å². The predicted molar refractivity (Wildman–Crippen MR) is 330 cm³/mol. The molecule has 0 amide bonds. The van der Waals surface area contributed by atoms with E-state index in [2.05, 4.69) is 288 Å². The average Bonchev–Trinajstić information content (AvgIpc) is 4.09. The van der Waals surface area contributed by atoms with Gasteiger partial charge in [0.1, 0.15) is 11.5 Å². The number of anilines is 3. The van der Waals surface area contributed by atoms with Crippen molar-refractivity contribution in [2.24, 2.45) is 5.92 Å². The molecule has 0 saturated heterocycles. The molecule has 3 heteroatoms. The first kappa shape index (κ1) is 45.8. The summed E-state index contributed by atoms with van der Waals surface area (Å²) in [6.07, 6.45) is 7.25. The van der Waals surface area contributed by atoms with Crippen LogP contribution in [0.3, 0.4) is 0 Å². The molecule has 10 aromatic carbocycles. The number of allylic oxidation sites excluding steroid dienone is 6. The van der Waals surface area contributed by atoms with E-state index in [1.54, 1.807) is 0 Å². The third kappa shape index (κ3) is 5.89. The second-order valence-corrected chi connectivity index (χ2v) is 25.1. The summed E-state index contributed by atoms with van der Waals surface area (Å²) < 4.78 is 9.63. The van der Waals surface area contributed by atoms with E-state index in [9.17, 15) is 0 Å². The van der Waals surface area contributed by atoms with Crippen molar-refractivity contribution in [3.05, 3.63) is 303 Å². The number of rotatable bonds is 4. The number of para-hydroxylation sites is 4. The van der Waals surface area contributed by atoms with Gasteiger partial charge in [-0.3, -0.25) is 0 Å². The van der Waals surface area contributed by atoms with Gasteiger partial charge in [0.15, 0.2) is 0 Å². The zero-order valence-electron chi connectivity index (χ0n) is 45.9. The van der Waals surface area contributed by atoms with Crippen molar-refractivity contribution in [2.75, 3.05) is 4.90 Å². The Bertz CT molecular complexity index is 4510. The standard InChI is InChI=1S/C77H58N2O/c1-74(2,3)47-32-39-71-65(42-47)76(66-43-48(75(4,5)6)33-40-72(66)80-71)60-24-12-7-21-53(60)54-37-34-49(44-63(54)76)78(69-29-17-18-30-70(69)79-67-27-15-10-22-56(67)57-23-11-16-28-68(57)79)50-35-38-55-58-36-31-46-41-59(46)73(58)77(64(55)45-50)61-25-13-8-19-51(61)52-20-9-14-26-62(52)77/h7-45,59H,1-6H3/t59-/m1/s1. The highest BCUT2D eigenvalue weighted by Gasteiger charge is 2.57. The average molecular weight is 1030 g/mol. The number of benzene rings is 10. The summed E-state index contributed by atoms with van der Waals surface area (Å²) in [4.78, 5) is 2.59. The fourth-order valence-corrected chi connectivity index (χ4v) is 15.3. The maximum absolute atomic E-state index is 7.14. The van der Waals surface area contributed by atoms with E-state index in [0.717, 1.165) is 34.2 Å². The van der Waals surface area contributed by atoms with E-state index in [-0.39, 0.29) is 10.8 Å². The Morgan fingerprint density at radius 3 is 1.46 bits per heavy atom. The summed E-state index contributed by atoms with van der Waals surface area (Å²) in [5.74, 6) is 2.10. The number of fused-ring (bicyclic) bond motifs is 23. The second-order valence-electron chi connectivity index (χ2n) is 25.1. The summed E-state index contributed by atoms with van der Waals surface area (Å²) in [6, 6.07) is 83.3. The molecule has 3 nitrogen and oxygen atoms in total. The third-order valence-electron chi connectivity index (χ3n) is 18.9. The van der Waals surface area contributed by atoms with Gasteiger partial charge in [-0.05, 0) is 167 Å². The highest BCUT2D eigenvalue weighted by Crippen LogP contribution is 2.69. The number of hydrogen-bond acceptors (Lipinski definition) is 2. The summed E-state index contributed by atoms with van der Waals surface area (Å²) in [7, 11) is 0. The van der Waals surface area contributed by atoms with Gasteiger partial charge >= 0.3 is 0 Å². The minimum atomic E-state index is -0.713. The quantitative estimate of drug-likeness (QED) is 0.175. The van der Waals surface area contributed by atoms with E-state index in [1.165, 1.54) is 116 Å². The Balaban J connectivity index is 0.981. The molecule has 11 aromatic rings. The fraction of sp³-hybridized carbons (Fsp3) is 0.143. The first-order valence-corrected chi connectivity index (χ1v) is 28.5. The first-order valence-electron chi connectivity index (χ1n) is 28.5. The fourth-order valence-electron chi connectivity index (χ4n) is 15.3. The SMILES string of the molecule is CC(C)(C)c1ccc2c(c1)C1(c3cc(C(C)(C)C)ccc3O2)c2ccccc2-c2ccc(N(c3ccc4c(c3)C3(C5=C4C=CC4=C[C@H]45)c4ccccc4-c4ccccc43)c3ccccc3-n3c4ccccc4c4ccccc43)cc21. The van der Waals surface area contributed by atoms with Crippen LogP contribution in [0.15, 0.2) is 248 Å². The lowest BCUT2D eigenvalue weighted by atomic mass is 9.64. The van der Waals surface area contributed by atoms with Gasteiger partial charge in [0, 0.05) is 39.2 Å². The number of nitrogens with zero attached hydrogens (tertiary/aromatic N) is 2. The van der Waals surface area contributed by atoms with E-state index >= 15 is 0 Å². The molecule has 80 heavy (non-hydrogen) atoms. The van der Waals surface area contributed by atoms with Crippen molar-refractivity contribution in [1.29, 1.82) is 0 Å². The van der Waals surface area contributed by atoms with Gasteiger partial charge < -0.3 is 14.2 Å². The normalized spacial score (nSPS) is 16.8. The van der Waals surface area contributed by atoms with Gasteiger partial charge in [0.2, 0.25) is 0 Å². The summed E-state index contributed by atoms with van der Waals surface area (Å²) in [6.45, 7) is 13.9. The largest absolute Gasteiger partial charge is 0.457 e. The molecule has 2 spiro atoms. The zero-order valence-corrected chi connectivity index (χ0v) is 45.9. The van der Waals surface area contributed by atoms with Crippen molar-refractivity contribution in [3.63, 3.8) is 0 Å². The molecule has 382 valence electrons. The maximum atomic E-state index is 7.14. The molecule has 0 fully saturated rings. The van der Waals surface area contributed by atoms with Crippen LogP contribution in [-0.2, 0) is 21.7 Å². The molecule has 2 heterocycles. The molecule has 0 bridgehead atoms. The monoisotopic (exact) mass is 1030 g/mol. The molecule has 0 radical (unpaired) electrons. The van der Waals surface area contributed by atoms with Crippen molar-refractivity contribution in [3.8, 4) is 39.4 Å². The van der Waals surface area contributed by atoms with Gasteiger partial charge in [-0.1, -0.05) is 205 Å². The Morgan fingerprint density at radius 1 is 0.412 bits per heavy atom. The molecule has 1 atom stereocenters. The minimum Gasteiger partial charge on any atom is -0.457 e. The third-order valence-corrected chi connectivity index (χ3v) is 18.9. The van der Waals surface area contributed by atoms with Crippen molar-refractivity contribution < 1.29 is 4.74 Å². The van der Waals surface area contributed by atoms with Crippen LogP contribution in [0, 0.1) is 5.92 Å². The smallest absolute Gasteiger partial charge is 0.132 e. The van der Waals surface area contributed by atoms with Crippen LogP contribution in [0.1, 0.15) is 97.2 Å². The topological polar surface area (TPSA) is 17.4 Å². The molecule has 6 aliphatic rings. The highest BCUT2D eigenvalue weighted by atomic mass is 16.5. The molecule has 0 saturated carbocycles. The maximum Gasteiger partial charge on any atom is 0.132 e. The molecule has 17 rings (SSSR count). The summed E-state index contributed by atoms with van der Waals surface area (Å²) in [5, 5.41) is 2.47. The van der Waals surface area contributed by atoms with E-state index in [4.69, 9.17) is 4.74 Å². The summed E-state index contributed by atoms with van der Waals surface area (Å²) in [5.41, 5.74) is 27.6. The van der Waals surface area contributed by atoms with Crippen LogP contribution in [0.25, 0.3) is 55.3 Å². The minimum absolute atomic E-state index is 0.105. The van der Waals surface area contributed by atoms with E-state index < -0.39 is 10.8 Å². The Hall–Kier alpha value is -9.18. The molecular formula is C77H58N2O. The van der Waals surface area contributed by atoms with Gasteiger partial charge in [-0.25, -0.2) is 0 Å².